The lowest BCUT2D eigenvalue weighted by atomic mass is 10.1. The number of halogens is 2. The molecule has 0 aliphatic rings. The van der Waals surface area contributed by atoms with E-state index in [4.69, 9.17) is 37.1 Å². The van der Waals surface area contributed by atoms with E-state index in [0.29, 0.717) is 37.9 Å². The fourth-order valence-electron chi connectivity index (χ4n) is 2.48. The van der Waals surface area contributed by atoms with Gasteiger partial charge in [0.15, 0.2) is 0 Å². The van der Waals surface area contributed by atoms with E-state index in [2.05, 4.69) is 0 Å². The van der Waals surface area contributed by atoms with Gasteiger partial charge in [0.2, 0.25) is 0 Å². The van der Waals surface area contributed by atoms with Gasteiger partial charge in [-0.15, -0.1) is 0 Å². The average Bonchev–Trinajstić information content (AvgIpc) is 2.62. The Hall–Kier alpha value is -2.50. The van der Waals surface area contributed by atoms with Crippen LogP contribution in [-0.2, 0) is 22.6 Å². The van der Waals surface area contributed by atoms with Gasteiger partial charge in [-0.3, -0.25) is 4.79 Å². The van der Waals surface area contributed by atoms with Crippen molar-refractivity contribution in [3.05, 3.63) is 74.1 Å². The maximum Gasteiger partial charge on any atom is 0.336 e. The highest BCUT2D eigenvalue weighted by molar-refractivity contribution is 6.42. The highest BCUT2D eigenvalue weighted by Gasteiger charge is 2.11. The van der Waals surface area contributed by atoms with Gasteiger partial charge in [-0.2, -0.15) is 0 Å². The zero-order valence-electron chi connectivity index (χ0n) is 13.8. The van der Waals surface area contributed by atoms with Crippen molar-refractivity contribution in [2.24, 2.45) is 0 Å². The molecule has 7 heteroatoms. The van der Waals surface area contributed by atoms with E-state index < -0.39 is 11.6 Å². The molecule has 2 aromatic carbocycles. The van der Waals surface area contributed by atoms with Crippen LogP contribution in [0.25, 0.3) is 11.0 Å². The van der Waals surface area contributed by atoms with E-state index in [0.717, 1.165) is 0 Å². The molecule has 0 radical (unpaired) electrons. The van der Waals surface area contributed by atoms with Crippen molar-refractivity contribution < 1.29 is 18.7 Å². The van der Waals surface area contributed by atoms with E-state index in [1.165, 1.54) is 13.2 Å². The van der Waals surface area contributed by atoms with Gasteiger partial charge in [0.25, 0.3) is 0 Å². The fraction of sp³-hybridized carbons (Fsp3) is 0.158. The Morgan fingerprint density at radius 3 is 2.62 bits per heavy atom. The van der Waals surface area contributed by atoms with Crippen LogP contribution < -0.4 is 10.4 Å². The molecule has 0 bridgehead atoms. The van der Waals surface area contributed by atoms with Crippen molar-refractivity contribution in [1.82, 2.24) is 0 Å². The van der Waals surface area contributed by atoms with Gasteiger partial charge in [-0.05, 0) is 29.8 Å². The summed E-state index contributed by atoms with van der Waals surface area (Å²) in [5.41, 5.74) is 1.08. The molecule has 26 heavy (non-hydrogen) atoms. The number of fused-ring (bicyclic) bond motifs is 1. The van der Waals surface area contributed by atoms with Gasteiger partial charge in [-0.1, -0.05) is 29.3 Å². The first kappa shape index (κ1) is 18.3. The number of esters is 1. The Morgan fingerprint density at radius 2 is 1.88 bits per heavy atom. The van der Waals surface area contributed by atoms with Crippen LogP contribution in [0.1, 0.15) is 11.1 Å². The standard InChI is InChI=1S/C19H14Cl2O5/c1-24-13-3-4-14-12(8-19(23)26-17(14)9-13)10-25-18(22)7-11-2-5-15(20)16(21)6-11/h2-6,8-9H,7,10H2,1H3. The summed E-state index contributed by atoms with van der Waals surface area (Å²) in [6, 6.07) is 11.3. The Balaban J connectivity index is 1.75. The van der Waals surface area contributed by atoms with Crippen LogP contribution in [0.4, 0.5) is 0 Å². The van der Waals surface area contributed by atoms with Crippen LogP contribution in [0.2, 0.25) is 10.0 Å². The zero-order valence-corrected chi connectivity index (χ0v) is 15.3. The summed E-state index contributed by atoms with van der Waals surface area (Å²) in [6.45, 7) is -0.0470. The minimum Gasteiger partial charge on any atom is -0.497 e. The monoisotopic (exact) mass is 392 g/mol. The van der Waals surface area contributed by atoms with Gasteiger partial charge in [0, 0.05) is 23.1 Å². The van der Waals surface area contributed by atoms with Crippen LogP contribution in [0.15, 0.2) is 51.7 Å². The molecule has 0 unspecified atom stereocenters. The molecular formula is C19H14Cl2O5. The van der Waals surface area contributed by atoms with Crippen molar-refractivity contribution >= 4 is 40.1 Å². The van der Waals surface area contributed by atoms with Crippen LogP contribution in [-0.4, -0.2) is 13.1 Å². The predicted octanol–water partition coefficient (Wildman–Crippen LogP) is 4.39. The molecule has 0 saturated heterocycles. The predicted molar refractivity (Wildman–Crippen MR) is 99.0 cm³/mol. The first-order chi connectivity index (χ1) is 12.5. The van der Waals surface area contributed by atoms with Crippen molar-refractivity contribution in [2.45, 2.75) is 13.0 Å². The average molecular weight is 393 g/mol. The maximum atomic E-state index is 12.1. The first-order valence-electron chi connectivity index (χ1n) is 7.66. The Kier molecular flexibility index (Phi) is 5.49. The SMILES string of the molecule is COc1ccc2c(COC(=O)Cc3ccc(Cl)c(Cl)c3)cc(=O)oc2c1. The van der Waals surface area contributed by atoms with E-state index in [9.17, 15) is 9.59 Å². The summed E-state index contributed by atoms with van der Waals surface area (Å²) in [5.74, 6) is 0.118. The molecule has 0 saturated carbocycles. The number of hydrogen-bond acceptors (Lipinski definition) is 5. The number of benzene rings is 2. The van der Waals surface area contributed by atoms with Gasteiger partial charge >= 0.3 is 11.6 Å². The third-order valence-electron chi connectivity index (χ3n) is 3.76. The zero-order chi connectivity index (χ0) is 18.7. The van der Waals surface area contributed by atoms with Gasteiger partial charge < -0.3 is 13.9 Å². The summed E-state index contributed by atoms with van der Waals surface area (Å²) >= 11 is 11.8. The molecule has 134 valence electrons. The normalized spacial score (nSPS) is 10.7. The Labute approximate surface area is 159 Å². The number of ether oxygens (including phenoxy) is 2. The number of carbonyl (C=O) groups excluding carboxylic acids is 1. The Morgan fingerprint density at radius 1 is 1.08 bits per heavy atom. The number of carbonyl (C=O) groups is 1. The third-order valence-corrected chi connectivity index (χ3v) is 4.50. The number of hydrogen-bond donors (Lipinski definition) is 0. The van der Waals surface area contributed by atoms with Gasteiger partial charge in [0.05, 0.1) is 23.6 Å². The minimum atomic E-state index is -0.527. The summed E-state index contributed by atoms with van der Waals surface area (Å²) in [4.78, 5) is 23.8. The van der Waals surface area contributed by atoms with E-state index in [1.54, 1.807) is 36.4 Å². The van der Waals surface area contributed by atoms with E-state index >= 15 is 0 Å². The smallest absolute Gasteiger partial charge is 0.336 e. The molecule has 0 aliphatic carbocycles. The highest BCUT2D eigenvalue weighted by atomic mass is 35.5. The van der Waals surface area contributed by atoms with Crippen LogP contribution in [0.3, 0.4) is 0 Å². The third kappa shape index (κ3) is 4.18. The summed E-state index contributed by atoms with van der Waals surface area (Å²) in [6.07, 6.45) is 0.0457. The quantitative estimate of drug-likeness (QED) is 0.475. The molecule has 0 atom stereocenters. The molecule has 3 rings (SSSR count). The number of rotatable bonds is 5. The van der Waals surface area contributed by atoms with Crippen molar-refractivity contribution in [1.29, 1.82) is 0 Å². The van der Waals surface area contributed by atoms with Crippen molar-refractivity contribution in [3.63, 3.8) is 0 Å². The molecule has 1 aromatic heterocycles. The van der Waals surface area contributed by atoms with Crippen LogP contribution >= 0.6 is 23.2 Å². The molecule has 3 aromatic rings. The largest absolute Gasteiger partial charge is 0.497 e. The van der Waals surface area contributed by atoms with Gasteiger partial charge in [0.1, 0.15) is 17.9 Å². The molecular weight excluding hydrogens is 379 g/mol. The molecule has 0 amide bonds. The summed E-state index contributed by atoms with van der Waals surface area (Å²) in [5, 5.41) is 1.46. The molecule has 1 heterocycles. The molecule has 0 spiro atoms. The lowest BCUT2D eigenvalue weighted by Crippen LogP contribution is -2.10. The van der Waals surface area contributed by atoms with Crippen molar-refractivity contribution in [2.75, 3.05) is 7.11 Å². The molecule has 0 aliphatic heterocycles. The highest BCUT2D eigenvalue weighted by Crippen LogP contribution is 2.24. The summed E-state index contributed by atoms with van der Waals surface area (Å²) < 4.78 is 15.6. The molecule has 0 N–H and O–H groups in total. The lowest BCUT2D eigenvalue weighted by molar-refractivity contribution is -0.144. The second kappa shape index (κ2) is 7.81. The maximum absolute atomic E-state index is 12.1. The lowest BCUT2D eigenvalue weighted by Gasteiger charge is -2.08. The van der Waals surface area contributed by atoms with Crippen molar-refractivity contribution in [3.8, 4) is 5.75 Å². The first-order valence-corrected chi connectivity index (χ1v) is 8.42. The van der Waals surface area contributed by atoms with E-state index in [1.807, 2.05) is 0 Å². The van der Waals surface area contributed by atoms with Gasteiger partial charge in [-0.25, -0.2) is 4.79 Å². The molecule has 5 nitrogen and oxygen atoms in total. The minimum absolute atomic E-state index is 0.0457. The second-order valence-corrected chi connectivity index (χ2v) is 6.35. The molecule has 0 fully saturated rings. The fourth-order valence-corrected chi connectivity index (χ4v) is 2.80. The topological polar surface area (TPSA) is 65.7 Å². The van der Waals surface area contributed by atoms with E-state index in [-0.39, 0.29) is 13.0 Å². The second-order valence-electron chi connectivity index (χ2n) is 5.54. The van der Waals surface area contributed by atoms with Crippen LogP contribution in [0, 0.1) is 0 Å². The van der Waals surface area contributed by atoms with Crippen LogP contribution in [0.5, 0.6) is 5.75 Å². The number of methoxy groups -OCH3 is 1. The summed E-state index contributed by atoms with van der Waals surface area (Å²) in [7, 11) is 1.52. The Bertz CT molecular complexity index is 1030.